The number of rotatable bonds is 11. The van der Waals surface area contributed by atoms with E-state index in [1.807, 2.05) is 30.3 Å². The van der Waals surface area contributed by atoms with Crippen LogP contribution in [-0.2, 0) is 4.79 Å². The molecule has 0 fully saturated rings. The van der Waals surface area contributed by atoms with E-state index in [1.165, 1.54) is 38.5 Å². The van der Waals surface area contributed by atoms with Crippen molar-refractivity contribution in [3.63, 3.8) is 0 Å². The largest absolute Gasteiger partial charge is 0.481 e. The highest BCUT2D eigenvalue weighted by atomic mass is 16.4. The van der Waals surface area contributed by atoms with Crippen molar-refractivity contribution in [3.05, 3.63) is 35.9 Å². The van der Waals surface area contributed by atoms with E-state index in [9.17, 15) is 9.90 Å². The zero-order valence-corrected chi connectivity index (χ0v) is 12.7. The van der Waals surface area contributed by atoms with Crippen molar-refractivity contribution in [2.75, 3.05) is 0 Å². The van der Waals surface area contributed by atoms with Crippen molar-refractivity contribution in [2.24, 2.45) is 0 Å². The lowest BCUT2D eigenvalue weighted by molar-refractivity contribution is -0.139. The highest BCUT2D eigenvalue weighted by Crippen LogP contribution is 2.23. The summed E-state index contributed by atoms with van der Waals surface area (Å²) in [7, 11) is 0. The van der Waals surface area contributed by atoms with Gasteiger partial charge in [-0.25, -0.2) is 0 Å². The van der Waals surface area contributed by atoms with Crippen LogP contribution in [0.15, 0.2) is 30.3 Å². The van der Waals surface area contributed by atoms with Crippen LogP contribution in [-0.4, -0.2) is 11.1 Å². The summed E-state index contributed by atoms with van der Waals surface area (Å²) in [6.45, 7) is 2.23. The Balaban J connectivity index is 2.19. The van der Waals surface area contributed by atoms with Crippen LogP contribution in [0.5, 0.6) is 0 Å². The standard InChI is InChI=1S/C18H28O2/c1-2-3-4-5-6-7-8-12-15-17(18(19)20)16-13-10-9-11-14-16/h9-11,13-14,17H,2-8,12,15H2,1H3,(H,19,20). The van der Waals surface area contributed by atoms with E-state index in [4.69, 9.17) is 0 Å². The molecule has 0 aromatic heterocycles. The Morgan fingerprint density at radius 3 is 2.05 bits per heavy atom. The van der Waals surface area contributed by atoms with Gasteiger partial charge in [0.2, 0.25) is 0 Å². The summed E-state index contributed by atoms with van der Waals surface area (Å²) < 4.78 is 0. The van der Waals surface area contributed by atoms with Crippen molar-refractivity contribution in [2.45, 2.75) is 70.6 Å². The average molecular weight is 276 g/mol. The number of benzene rings is 1. The lowest BCUT2D eigenvalue weighted by Crippen LogP contribution is -2.11. The lowest BCUT2D eigenvalue weighted by atomic mass is 9.93. The molecule has 1 N–H and O–H groups in total. The van der Waals surface area contributed by atoms with E-state index in [0.717, 1.165) is 24.8 Å². The molecule has 0 radical (unpaired) electrons. The van der Waals surface area contributed by atoms with E-state index in [-0.39, 0.29) is 5.92 Å². The molecule has 112 valence electrons. The normalized spacial score (nSPS) is 12.2. The van der Waals surface area contributed by atoms with Gasteiger partial charge in [0, 0.05) is 0 Å². The number of hydrogen-bond donors (Lipinski definition) is 1. The summed E-state index contributed by atoms with van der Waals surface area (Å²) in [5.41, 5.74) is 0.933. The van der Waals surface area contributed by atoms with Gasteiger partial charge in [-0.2, -0.15) is 0 Å². The Kier molecular flexibility index (Phi) is 8.77. The highest BCUT2D eigenvalue weighted by molar-refractivity contribution is 5.75. The maximum atomic E-state index is 11.3. The van der Waals surface area contributed by atoms with Gasteiger partial charge in [0.1, 0.15) is 0 Å². The molecule has 0 spiro atoms. The maximum Gasteiger partial charge on any atom is 0.310 e. The molecule has 0 amide bonds. The molecule has 0 saturated carbocycles. The molecule has 1 aromatic carbocycles. The van der Waals surface area contributed by atoms with Crippen molar-refractivity contribution >= 4 is 5.97 Å². The van der Waals surface area contributed by atoms with E-state index >= 15 is 0 Å². The van der Waals surface area contributed by atoms with Gasteiger partial charge in [-0.3, -0.25) is 4.79 Å². The monoisotopic (exact) mass is 276 g/mol. The summed E-state index contributed by atoms with van der Waals surface area (Å²) in [6.07, 6.45) is 10.8. The summed E-state index contributed by atoms with van der Waals surface area (Å²) in [6, 6.07) is 9.60. The summed E-state index contributed by atoms with van der Waals surface area (Å²) >= 11 is 0. The van der Waals surface area contributed by atoms with Gasteiger partial charge in [-0.15, -0.1) is 0 Å². The Hall–Kier alpha value is -1.31. The first-order chi connectivity index (χ1) is 9.75. The first-order valence-electron chi connectivity index (χ1n) is 8.03. The van der Waals surface area contributed by atoms with Gasteiger partial charge in [-0.05, 0) is 12.0 Å². The Labute approximate surface area is 123 Å². The molecule has 0 aliphatic carbocycles. The Bertz CT molecular complexity index is 359. The van der Waals surface area contributed by atoms with Crippen molar-refractivity contribution in [1.82, 2.24) is 0 Å². The predicted octanol–water partition coefficient (Wildman–Crippen LogP) is 5.39. The second-order valence-electron chi connectivity index (χ2n) is 5.57. The molecule has 1 rings (SSSR count). The Morgan fingerprint density at radius 1 is 0.950 bits per heavy atom. The molecule has 0 heterocycles. The van der Waals surface area contributed by atoms with E-state index in [2.05, 4.69) is 6.92 Å². The van der Waals surface area contributed by atoms with Crippen molar-refractivity contribution in [1.29, 1.82) is 0 Å². The molecule has 1 unspecified atom stereocenters. The minimum atomic E-state index is -0.695. The van der Waals surface area contributed by atoms with Crippen LogP contribution in [0.3, 0.4) is 0 Å². The van der Waals surface area contributed by atoms with Crippen LogP contribution >= 0.6 is 0 Å². The molecule has 0 aliphatic heterocycles. The molecule has 1 atom stereocenters. The molecular weight excluding hydrogens is 248 g/mol. The Morgan fingerprint density at radius 2 is 1.50 bits per heavy atom. The fourth-order valence-corrected chi connectivity index (χ4v) is 2.60. The van der Waals surface area contributed by atoms with E-state index in [0.29, 0.717) is 0 Å². The second kappa shape index (κ2) is 10.5. The number of carboxylic acid groups (broad SMARTS) is 1. The smallest absolute Gasteiger partial charge is 0.310 e. The average Bonchev–Trinajstić information content (AvgIpc) is 2.46. The van der Waals surface area contributed by atoms with Gasteiger partial charge in [0.05, 0.1) is 5.92 Å². The molecule has 20 heavy (non-hydrogen) atoms. The number of unbranched alkanes of at least 4 members (excludes halogenated alkanes) is 7. The third kappa shape index (κ3) is 6.74. The first-order valence-corrected chi connectivity index (χ1v) is 8.03. The number of aliphatic carboxylic acids is 1. The maximum absolute atomic E-state index is 11.3. The van der Waals surface area contributed by atoms with Crippen LogP contribution in [0.25, 0.3) is 0 Å². The van der Waals surface area contributed by atoms with Crippen LogP contribution in [0.4, 0.5) is 0 Å². The van der Waals surface area contributed by atoms with Gasteiger partial charge in [0.25, 0.3) is 0 Å². The third-order valence-corrected chi connectivity index (χ3v) is 3.85. The lowest BCUT2D eigenvalue weighted by Gasteiger charge is -2.12. The van der Waals surface area contributed by atoms with E-state index < -0.39 is 5.97 Å². The van der Waals surface area contributed by atoms with Crippen LogP contribution < -0.4 is 0 Å². The van der Waals surface area contributed by atoms with Crippen LogP contribution in [0.2, 0.25) is 0 Å². The SMILES string of the molecule is CCCCCCCCCCC(C(=O)O)c1ccccc1. The third-order valence-electron chi connectivity index (χ3n) is 3.85. The molecule has 1 aromatic rings. The van der Waals surface area contributed by atoms with Crippen LogP contribution in [0.1, 0.15) is 76.2 Å². The van der Waals surface area contributed by atoms with Gasteiger partial charge in [0.15, 0.2) is 0 Å². The number of carboxylic acids is 1. The first kappa shape index (κ1) is 16.7. The van der Waals surface area contributed by atoms with Crippen molar-refractivity contribution < 1.29 is 9.90 Å². The molecule has 2 heteroatoms. The topological polar surface area (TPSA) is 37.3 Å². The summed E-state index contributed by atoms with van der Waals surface area (Å²) in [4.78, 5) is 11.3. The molecule has 0 aliphatic rings. The number of hydrogen-bond acceptors (Lipinski definition) is 1. The predicted molar refractivity (Wildman–Crippen MR) is 84.0 cm³/mol. The van der Waals surface area contributed by atoms with Gasteiger partial charge >= 0.3 is 5.97 Å². The van der Waals surface area contributed by atoms with Crippen molar-refractivity contribution in [3.8, 4) is 0 Å². The molecular formula is C18H28O2. The fraction of sp³-hybridized carbons (Fsp3) is 0.611. The summed E-state index contributed by atoms with van der Waals surface area (Å²) in [5.74, 6) is -1.03. The fourth-order valence-electron chi connectivity index (χ4n) is 2.60. The quantitative estimate of drug-likeness (QED) is 0.550. The molecule has 2 nitrogen and oxygen atoms in total. The van der Waals surface area contributed by atoms with Gasteiger partial charge in [-0.1, -0.05) is 88.6 Å². The molecule has 0 bridgehead atoms. The zero-order valence-electron chi connectivity index (χ0n) is 12.7. The minimum Gasteiger partial charge on any atom is -0.481 e. The van der Waals surface area contributed by atoms with Gasteiger partial charge < -0.3 is 5.11 Å². The minimum absolute atomic E-state index is 0.337. The zero-order chi connectivity index (χ0) is 14.6. The molecule has 0 saturated heterocycles. The summed E-state index contributed by atoms with van der Waals surface area (Å²) in [5, 5.41) is 9.33. The van der Waals surface area contributed by atoms with Crippen LogP contribution in [0, 0.1) is 0 Å². The number of carbonyl (C=O) groups is 1. The van der Waals surface area contributed by atoms with E-state index in [1.54, 1.807) is 0 Å². The highest BCUT2D eigenvalue weighted by Gasteiger charge is 2.18. The second-order valence-corrected chi connectivity index (χ2v) is 5.57.